The molecular formula is C7H7BN2. The van der Waals surface area contributed by atoms with Gasteiger partial charge in [-0.3, -0.25) is 0 Å². The summed E-state index contributed by atoms with van der Waals surface area (Å²) in [5.41, 5.74) is 1.40. The standard InChI is InChI=1S/C7H5BN2.H2/c8-6-2-1-5-3-4-9-7(5)10-6;/h1-4H,(H,9,10);1H. The van der Waals surface area contributed by atoms with E-state index in [0.717, 1.165) is 11.0 Å². The second-order valence-electron chi connectivity index (χ2n) is 2.15. The van der Waals surface area contributed by atoms with Crippen LogP contribution < -0.4 is 5.59 Å². The van der Waals surface area contributed by atoms with Crippen molar-refractivity contribution in [1.29, 1.82) is 0 Å². The van der Waals surface area contributed by atoms with E-state index in [-0.39, 0.29) is 1.43 Å². The van der Waals surface area contributed by atoms with Crippen molar-refractivity contribution in [1.82, 2.24) is 9.97 Å². The highest BCUT2D eigenvalue weighted by atomic mass is 14.8. The van der Waals surface area contributed by atoms with E-state index >= 15 is 0 Å². The highest BCUT2D eigenvalue weighted by molar-refractivity contribution is 6.31. The van der Waals surface area contributed by atoms with Gasteiger partial charge >= 0.3 is 0 Å². The molecule has 2 aromatic heterocycles. The van der Waals surface area contributed by atoms with Gasteiger partial charge in [0.2, 0.25) is 0 Å². The van der Waals surface area contributed by atoms with E-state index in [4.69, 9.17) is 7.85 Å². The molecule has 0 aromatic carbocycles. The third kappa shape index (κ3) is 0.710. The van der Waals surface area contributed by atoms with Crippen LogP contribution >= 0.6 is 0 Å². The molecule has 0 saturated heterocycles. The smallest absolute Gasteiger partial charge is 0.141 e. The van der Waals surface area contributed by atoms with Gasteiger partial charge in [-0.15, -0.1) is 0 Å². The van der Waals surface area contributed by atoms with Crippen LogP contribution in [-0.4, -0.2) is 17.8 Å². The lowest BCUT2D eigenvalue weighted by Gasteiger charge is -1.90. The fraction of sp³-hybridized carbons (Fsp3) is 0. The summed E-state index contributed by atoms with van der Waals surface area (Å²) in [5, 5.41) is 1.09. The summed E-state index contributed by atoms with van der Waals surface area (Å²) in [4.78, 5) is 7.03. The number of aromatic nitrogens is 2. The molecule has 0 aliphatic heterocycles. The summed E-state index contributed by atoms with van der Waals surface area (Å²) in [6.07, 6.45) is 1.84. The molecule has 2 radical (unpaired) electrons. The lowest BCUT2D eigenvalue weighted by Crippen LogP contribution is -2.05. The first-order valence-corrected chi connectivity index (χ1v) is 3.06. The molecule has 0 atom stereocenters. The molecule has 0 spiro atoms. The first-order valence-electron chi connectivity index (χ1n) is 3.06. The molecule has 0 saturated carbocycles. The Morgan fingerprint density at radius 3 is 3.20 bits per heavy atom. The highest BCUT2D eigenvalue weighted by Gasteiger charge is 1.92. The molecule has 0 aliphatic rings. The fourth-order valence-electron chi connectivity index (χ4n) is 0.945. The van der Waals surface area contributed by atoms with E-state index < -0.39 is 0 Å². The number of hydrogen-bond acceptors (Lipinski definition) is 1. The zero-order valence-corrected chi connectivity index (χ0v) is 5.33. The Balaban J connectivity index is 0.000000605. The van der Waals surface area contributed by atoms with Crippen LogP contribution in [0.5, 0.6) is 0 Å². The monoisotopic (exact) mass is 130 g/mol. The minimum absolute atomic E-state index is 0. The predicted molar refractivity (Wildman–Crippen MR) is 43.6 cm³/mol. The molecule has 1 N–H and O–H groups in total. The van der Waals surface area contributed by atoms with Gasteiger partial charge in [-0.1, -0.05) is 12.1 Å². The van der Waals surface area contributed by atoms with E-state index in [9.17, 15) is 0 Å². The lowest BCUT2D eigenvalue weighted by molar-refractivity contribution is 1.36. The van der Waals surface area contributed by atoms with Crippen molar-refractivity contribution >= 4 is 24.5 Å². The first kappa shape index (κ1) is 5.53. The Labute approximate surface area is 61.2 Å². The molecule has 3 heteroatoms. The highest BCUT2D eigenvalue weighted by Crippen LogP contribution is 2.04. The Morgan fingerprint density at radius 2 is 2.30 bits per heavy atom. The maximum Gasteiger partial charge on any atom is 0.141 e. The SMILES string of the molecule is [B]c1ccc2cc[nH]c2n1.[HH]. The quantitative estimate of drug-likeness (QED) is 0.519. The van der Waals surface area contributed by atoms with Crippen LogP contribution in [0.25, 0.3) is 11.0 Å². The van der Waals surface area contributed by atoms with E-state index in [2.05, 4.69) is 9.97 Å². The molecule has 48 valence electrons. The molecule has 0 amide bonds. The van der Waals surface area contributed by atoms with Gasteiger partial charge in [0.05, 0.1) is 0 Å². The Kier molecular flexibility index (Phi) is 1.03. The van der Waals surface area contributed by atoms with E-state index in [1.165, 1.54) is 0 Å². The van der Waals surface area contributed by atoms with Crippen molar-refractivity contribution in [2.75, 3.05) is 0 Å². The zero-order valence-electron chi connectivity index (χ0n) is 5.33. The van der Waals surface area contributed by atoms with E-state index in [0.29, 0.717) is 5.59 Å². The fourth-order valence-corrected chi connectivity index (χ4v) is 0.945. The molecule has 0 bridgehead atoms. The number of fused-ring (bicyclic) bond motifs is 1. The van der Waals surface area contributed by atoms with Crippen molar-refractivity contribution in [2.45, 2.75) is 0 Å². The lowest BCUT2D eigenvalue weighted by atomic mass is 10.0. The number of nitrogens with zero attached hydrogens (tertiary/aromatic N) is 1. The summed E-state index contributed by atoms with van der Waals surface area (Å²) in [6, 6.07) is 5.69. The molecule has 2 rings (SSSR count). The Hall–Kier alpha value is -1.25. The van der Waals surface area contributed by atoms with Crippen LogP contribution in [-0.2, 0) is 0 Å². The topological polar surface area (TPSA) is 28.7 Å². The summed E-state index contributed by atoms with van der Waals surface area (Å²) in [7, 11) is 5.45. The molecule has 0 fully saturated rings. The van der Waals surface area contributed by atoms with Crippen LogP contribution in [0.4, 0.5) is 0 Å². The maximum absolute atomic E-state index is 5.45. The Morgan fingerprint density at radius 1 is 1.40 bits per heavy atom. The minimum atomic E-state index is 0. The summed E-state index contributed by atoms with van der Waals surface area (Å²) in [6.45, 7) is 0. The van der Waals surface area contributed by atoms with Crippen LogP contribution in [0.2, 0.25) is 0 Å². The van der Waals surface area contributed by atoms with Crippen LogP contribution in [0, 0.1) is 0 Å². The Bertz CT molecular complexity index is 358. The summed E-state index contributed by atoms with van der Waals surface area (Å²) in [5.74, 6) is 0. The molecule has 0 unspecified atom stereocenters. The van der Waals surface area contributed by atoms with Gasteiger partial charge in [0.15, 0.2) is 0 Å². The van der Waals surface area contributed by atoms with Gasteiger partial charge in [0, 0.05) is 13.0 Å². The van der Waals surface area contributed by atoms with Gasteiger partial charge < -0.3 is 4.98 Å². The number of rotatable bonds is 0. The number of aromatic amines is 1. The number of hydrogen-bond donors (Lipinski definition) is 1. The van der Waals surface area contributed by atoms with E-state index in [1.807, 2.05) is 18.3 Å². The average molecular weight is 130 g/mol. The second kappa shape index (κ2) is 1.87. The molecular weight excluding hydrogens is 123 g/mol. The van der Waals surface area contributed by atoms with Gasteiger partial charge in [0.1, 0.15) is 13.5 Å². The van der Waals surface area contributed by atoms with Crippen molar-refractivity contribution in [2.24, 2.45) is 0 Å². The van der Waals surface area contributed by atoms with Crippen LogP contribution in [0.1, 0.15) is 1.43 Å². The molecule has 2 aromatic rings. The summed E-state index contributed by atoms with van der Waals surface area (Å²) >= 11 is 0. The van der Waals surface area contributed by atoms with Crippen molar-refractivity contribution in [3.05, 3.63) is 24.4 Å². The minimum Gasteiger partial charge on any atom is -0.346 e. The van der Waals surface area contributed by atoms with Gasteiger partial charge in [-0.2, -0.15) is 0 Å². The van der Waals surface area contributed by atoms with Crippen LogP contribution in [0.15, 0.2) is 24.4 Å². The first-order chi connectivity index (χ1) is 4.86. The average Bonchev–Trinajstić information content (AvgIpc) is 2.33. The van der Waals surface area contributed by atoms with E-state index in [1.54, 1.807) is 6.07 Å². The van der Waals surface area contributed by atoms with Crippen molar-refractivity contribution in [3.8, 4) is 0 Å². The van der Waals surface area contributed by atoms with Crippen molar-refractivity contribution < 1.29 is 1.43 Å². The van der Waals surface area contributed by atoms with Crippen molar-refractivity contribution in [3.63, 3.8) is 0 Å². The van der Waals surface area contributed by atoms with Gasteiger partial charge in [-0.25, -0.2) is 4.98 Å². The molecule has 2 nitrogen and oxygen atoms in total. The third-order valence-corrected chi connectivity index (χ3v) is 1.43. The molecule has 2 heterocycles. The molecule has 0 aliphatic carbocycles. The predicted octanol–water partition coefficient (Wildman–Crippen LogP) is 0.603. The van der Waals surface area contributed by atoms with Crippen LogP contribution in [0.3, 0.4) is 0 Å². The number of pyridine rings is 1. The second-order valence-corrected chi connectivity index (χ2v) is 2.15. The largest absolute Gasteiger partial charge is 0.346 e. The number of H-pyrrole nitrogens is 1. The zero-order chi connectivity index (χ0) is 6.97. The molecule has 10 heavy (non-hydrogen) atoms. The van der Waals surface area contributed by atoms with Gasteiger partial charge in [0.25, 0.3) is 0 Å². The summed E-state index contributed by atoms with van der Waals surface area (Å²) < 4.78 is 0. The normalized spacial score (nSPS) is 10.4. The third-order valence-electron chi connectivity index (χ3n) is 1.43. The number of nitrogens with one attached hydrogen (secondary N) is 1. The maximum atomic E-state index is 5.45. The van der Waals surface area contributed by atoms with Gasteiger partial charge in [-0.05, 0) is 11.7 Å².